The topological polar surface area (TPSA) is 36.3 Å². The molecule has 1 aromatic carbocycles. The Morgan fingerprint density at radius 3 is 2.50 bits per heavy atom. The van der Waals surface area contributed by atoms with Crippen molar-refractivity contribution in [3.63, 3.8) is 0 Å². The molecule has 0 spiro atoms. The van der Waals surface area contributed by atoms with Crippen molar-refractivity contribution in [3.8, 4) is 5.69 Å². The van der Waals surface area contributed by atoms with Crippen molar-refractivity contribution in [1.29, 1.82) is 0 Å². The second kappa shape index (κ2) is 9.38. The van der Waals surface area contributed by atoms with Gasteiger partial charge in [-0.15, -0.1) is 0 Å². The van der Waals surface area contributed by atoms with E-state index < -0.39 is 11.7 Å². The lowest BCUT2D eigenvalue weighted by molar-refractivity contribution is -0.137. The average molecular weight is 488 g/mol. The van der Waals surface area contributed by atoms with E-state index in [-0.39, 0.29) is 12.1 Å². The van der Waals surface area contributed by atoms with Crippen molar-refractivity contribution in [2.75, 3.05) is 27.2 Å². The maximum Gasteiger partial charge on any atom is 0.416 e. The molecule has 1 N–H and O–H groups in total. The van der Waals surface area contributed by atoms with Crippen LogP contribution in [0.5, 0.6) is 0 Å². The normalized spacial score (nSPS) is 18.6. The molecule has 0 amide bonds. The zero-order valence-corrected chi connectivity index (χ0v) is 20.4. The van der Waals surface area contributed by atoms with Crippen LogP contribution in [0.1, 0.15) is 40.3 Å². The quantitative estimate of drug-likeness (QED) is 0.493. The molecule has 0 aliphatic carbocycles. The molecule has 1 fully saturated rings. The molecule has 3 aromatic rings. The number of aryl methyl sites for hydroxylation is 1. The highest BCUT2D eigenvalue weighted by Crippen LogP contribution is 2.41. The molecule has 0 saturated carbocycles. The highest BCUT2D eigenvalue weighted by Gasteiger charge is 2.41. The number of nitrogens with zero attached hydrogens (tertiary/aromatic N) is 4. The first-order valence-electron chi connectivity index (χ1n) is 11.1. The number of hydrogen-bond donors (Lipinski definition) is 1. The number of rotatable bonds is 6. The molecule has 1 saturated heterocycles. The third kappa shape index (κ3) is 4.67. The summed E-state index contributed by atoms with van der Waals surface area (Å²) in [5, 5.41) is 4.08. The molecule has 2 aromatic heterocycles. The summed E-state index contributed by atoms with van der Waals surface area (Å²) in [6.45, 7) is 5.38. The van der Waals surface area contributed by atoms with Crippen LogP contribution < -0.4 is 5.32 Å². The standard InChI is InChI=1S/C25H28F3N5S/c1-16-14-20(17(2)33(16)19-9-7-8-18(15-19)25(26,27)28)23-22(21-10-5-6-11-29-21)30-24(34)32(23)13-12-31(3)4/h5-11,14-15,22-23H,12-13H2,1-4H3,(H,30,34)/t22-,23-/m0/s1. The minimum absolute atomic E-state index is 0.145. The van der Waals surface area contributed by atoms with Gasteiger partial charge in [0, 0.05) is 36.4 Å². The maximum absolute atomic E-state index is 13.4. The highest BCUT2D eigenvalue weighted by atomic mass is 32.1. The largest absolute Gasteiger partial charge is 0.416 e. The van der Waals surface area contributed by atoms with Gasteiger partial charge in [-0.1, -0.05) is 12.1 Å². The van der Waals surface area contributed by atoms with E-state index in [0.29, 0.717) is 17.3 Å². The van der Waals surface area contributed by atoms with Gasteiger partial charge in [-0.3, -0.25) is 4.98 Å². The Hall–Kier alpha value is -2.91. The average Bonchev–Trinajstić information content (AvgIpc) is 3.27. The summed E-state index contributed by atoms with van der Waals surface area (Å²) in [5.41, 5.74) is 3.43. The number of pyridine rings is 1. The molecule has 1 aliphatic heterocycles. The lowest BCUT2D eigenvalue weighted by Gasteiger charge is -2.29. The minimum atomic E-state index is -4.40. The van der Waals surface area contributed by atoms with Gasteiger partial charge in [-0.05, 0) is 82.1 Å². The van der Waals surface area contributed by atoms with E-state index in [2.05, 4.69) is 26.2 Å². The summed E-state index contributed by atoms with van der Waals surface area (Å²) in [4.78, 5) is 8.82. The van der Waals surface area contributed by atoms with Gasteiger partial charge >= 0.3 is 6.18 Å². The minimum Gasteiger partial charge on any atom is -0.352 e. The van der Waals surface area contributed by atoms with E-state index >= 15 is 0 Å². The summed E-state index contributed by atoms with van der Waals surface area (Å²) in [5.74, 6) is 0. The molecular weight excluding hydrogens is 459 g/mol. The van der Waals surface area contributed by atoms with Crippen molar-refractivity contribution in [2.24, 2.45) is 0 Å². The van der Waals surface area contributed by atoms with E-state index in [1.54, 1.807) is 12.3 Å². The Bertz CT molecular complexity index is 1170. The molecule has 0 bridgehead atoms. The Kier molecular flexibility index (Phi) is 6.69. The molecule has 0 radical (unpaired) electrons. The first-order chi connectivity index (χ1) is 16.1. The van der Waals surface area contributed by atoms with E-state index in [1.807, 2.05) is 50.7 Å². The fraction of sp³-hybridized carbons (Fsp3) is 0.360. The monoisotopic (exact) mass is 487 g/mol. The SMILES string of the molecule is Cc1cc([C@H]2[C@H](c3ccccn3)NC(=S)N2CCN(C)C)c(C)n1-c1cccc(C(F)(F)F)c1. The number of alkyl halides is 3. The lowest BCUT2D eigenvalue weighted by Crippen LogP contribution is -2.35. The van der Waals surface area contributed by atoms with Gasteiger partial charge in [-0.25, -0.2) is 0 Å². The fourth-order valence-electron chi connectivity index (χ4n) is 4.60. The molecule has 5 nitrogen and oxygen atoms in total. The molecule has 34 heavy (non-hydrogen) atoms. The maximum atomic E-state index is 13.4. The van der Waals surface area contributed by atoms with Gasteiger partial charge < -0.3 is 19.7 Å². The predicted molar refractivity (Wildman–Crippen MR) is 131 cm³/mol. The van der Waals surface area contributed by atoms with Crippen LogP contribution in [0.2, 0.25) is 0 Å². The van der Waals surface area contributed by atoms with Gasteiger partial charge in [0.05, 0.1) is 23.3 Å². The highest BCUT2D eigenvalue weighted by molar-refractivity contribution is 7.80. The molecule has 0 unspecified atom stereocenters. The van der Waals surface area contributed by atoms with Crippen molar-refractivity contribution >= 4 is 17.3 Å². The summed E-state index contributed by atoms with van der Waals surface area (Å²) >= 11 is 5.72. The Balaban J connectivity index is 1.81. The first-order valence-corrected chi connectivity index (χ1v) is 11.5. The molecule has 3 heterocycles. The van der Waals surface area contributed by atoms with Crippen molar-refractivity contribution in [2.45, 2.75) is 32.1 Å². The fourth-order valence-corrected chi connectivity index (χ4v) is 4.93. The zero-order valence-electron chi connectivity index (χ0n) is 19.6. The number of likely N-dealkylation sites (N-methyl/N-ethyl adjacent to an activating group) is 1. The number of thiocarbonyl (C=S) groups is 1. The zero-order chi connectivity index (χ0) is 24.6. The number of benzene rings is 1. The van der Waals surface area contributed by atoms with Gasteiger partial charge in [0.1, 0.15) is 0 Å². The molecule has 180 valence electrons. The van der Waals surface area contributed by atoms with Crippen LogP contribution in [-0.2, 0) is 6.18 Å². The molecule has 9 heteroatoms. The van der Waals surface area contributed by atoms with E-state index in [9.17, 15) is 13.2 Å². The van der Waals surface area contributed by atoms with Gasteiger partial charge in [0.2, 0.25) is 0 Å². The van der Waals surface area contributed by atoms with Gasteiger partial charge in [0.15, 0.2) is 5.11 Å². The van der Waals surface area contributed by atoms with Crippen LogP contribution in [0.25, 0.3) is 5.69 Å². The third-order valence-corrected chi connectivity index (χ3v) is 6.56. The number of halogens is 3. The van der Waals surface area contributed by atoms with Crippen molar-refractivity contribution < 1.29 is 13.2 Å². The van der Waals surface area contributed by atoms with Crippen LogP contribution in [0.4, 0.5) is 13.2 Å². The smallest absolute Gasteiger partial charge is 0.352 e. The summed E-state index contributed by atoms with van der Waals surface area (Å²) in [7, 11) is 4.02. The van der Waals surface area contributed by atoms with Crippen molar-refractivity contribution in [1.82, 2.24) is 24.7 Å². The van der Waals surface area contributed by atoms with E-state index in [1.165, 1.54) is 12.1 Å². The van der Waals surface area contributed by atoms with Crippen LogP contribution >= 0.6 is 12.2 Å². The third-order valence-electron chi connectivity index (χ3n) is 6.21. The van der Waals surface area contributed by atoms with Crippen LogP contribution in [0.3, 0.4) is 0 Å². The Labute approximate surface area is 203 Å². The number of nitrogens with one attached hydrogen (secondary N) is 1. The Morgan fingerprint density at radius 1 is 1.09 bits per heavy atom. The van der Waals surface area contributed by atoms with Gasteiger partial charge in [0.25, 0.3) is 0 Å². The summed E-state index contributed by atoms with van der Waals surface area (Å²) in [6.07, 6.45) is -2.64. The molecule has 1 aliphatic rings. The van der Waals surface area contributed by atoms with Crippen molar-refractivity contribution in [3.05, 3.63) is 82.9 Å². The van der Waals surface area contributed by atoms with Crippen LogP contribution in [0.15, 0.2) is 54.7 Å². The number of hydrogen-bond acceptors (Lipinski definition) is 3. The predicted octanol–water partition coefficient (Wildman–Crippen LogP) is 5.04. The molecule has 4 rings (SSSR count). The van der Waals surface area contributed by atoms with E-state index in [4.69, 9.17) is 12.2 Å². The second-order valence-electron chi connectivity index (χ2n) is 8.83. The van der Waals surface area contributed by atoms with Crippen LogP contribution in [-0.4, -0.2) is 51.6 Å². The Morgan fingerprint density at radius 2 is 1.85 bits per heavy atom. The molecule has 2 atom stereocenters. The number of aromatic nitrogens is 2. The summed E-state index contributed by atoms with van der Waals surface area (Å²) < 4.78 is 42.0. The van der Waals surface area contributed by atoms with Gasteiger partial charge in [-0.2, -0.15) is 13.2 Å². The van der Waals surface area contributed by atoms with Crippen LogP contribution in [0, 0.1) is 13.8 Å². The summed E-state index contributed by atoms with van der Waals surface area (Å²) in [6, 6.07) is 13.0. The molecular formula is C25H28F3N5S. The van der Waals surface area contributed by atoms with E-state index in [0.717, 1.165) is 35.3 Å². The first kappa shape index (κ1) is 24.2. The lowest BCUT2D eigenvalue weighted by atomic mass is 9.96. The second-order valence-corrected chi connectivity index (χ2v) is 9.22.